The molecule has 0 unspecified atom stereocenters. The molecule has 2 amide bonds. The van der Waals surface area contributed by atoms with E-state index in [-0.39, 0.29) is 18.2 Å². The van der Waals surface area contributed by atoms with E-state index in [1.165, 1.54) is 19.1 Å². The molecular formula is C18H17F3N2O2. The van der Waals surface area contributed by atoms with Crippen molar-refractivity contribution >= 4 is 23.2 Å². The summed E-state index contributed by atoms with van der Waals surface area (Å²) in [5.74, 6) is -0.584. The van der Waals surface area contributed by atoms with Crippen LogP contribution in [-0.2, 0) is 22.2 Å². The largest absolute Gasteiger partial charge is 0.416 e. The number of benzene rings is 2. The van der Waals surface area contributed by atoms with E-state index in [0.717, 1.165) is 12.1 Å². The zero-order chi connectivity index (χ0) is 18.6. The fraction of sp³-hybridized carbons (Fsp3) is 0.222. The van der Waals surface area contributed by atoms with Crippen molar-refractivity contribution in [3.05, 3.63) is 59.2 Å². The number of amides is 2. The molecule has 7 heteroatoms. The van der Waals surface area contributed by atoms with Crippen molar-refractivity contribution in [2.45, 2.75) is 26.4 Å². The smallest absolute Gasteiger partial charge is 0.326 e. The van der Waals surface area contributed by atoms with Gasteiger partial charge in [0.25, 0.3) is 0 Å². The molecule has 0 heterocycles. The summed E-state index contributed by atoms with van der Waals surface area (Å²) in [5, 5.41) is 5.36. The van der Waals surface area contributed by atoms with Gasteiger partial charge in [-0.2, -0.15) is 13.2 Å². The van der Waals surface area contributed by atoms with Gasteiger partial charge in [-0.15, -0.1) is 0 Å². The van der Waals surface area contributed by atoms with Gasteiger partial charge < -0.3 is 10.6 Å². The van der Waals surface area contributed by atoms with E-state index < -0.39 is 11.7 Å². The third-order valence-corrected chi connectivity index (χ3v) is 3.56. The average Bonchev–Trinajstić information content (AvgIpc) is 2.50. The van der Waals surface area contributed by atoms with Gasteiger partial charge in [0.05, 0.1) is 12.0 Å². The Balaban J connectivity index is 2.07. The molecule has 0 saturated carbocycles. The quantitative estimate of drug-likeness (QED) is 0.870. The van der Waals surface area contributed by atoms with Crippen LogP contribution in [0.15, 0.2) is 42.5 Å². The zero-order valence-corrected chi connectivity index (χ0v) is 13.7. The molecule has 0 bridgehead atoms. The van der Waals surface area contributed by atoms with Crippen molar-refractivity contribution in [3.8, 4) is 0 Å². The molecule has 0 radical (unpaired) electrons. The summed E-state index contributed by atoms with van der Waals surface area (Å²) < 4.78 is 37.6. The van der Waals surface area contributed by atoms with E-state index in [0.29, 0.717) is 22.5 Å². The van der Waals surface area contributed by atoms with Crippen LogP contribution in [0, 0.1) is 6.92 Å². The molecule has 0 saturated heterocycles. The van der Waals surface area contributed by atoms with E-state index in [9.17, 15) is 22.8 Å². The Morgan fingerprint density at radius 1 is 0.960 bits per heavy atom. The Labute approximate surface area is 143 Å². The van der Waals surface area contributed by atoms with Crippen LogP contribution in [0.2, 0.25) is 0 Å². The number of rotatable bonds is 4. The Morgan fingerprint density at radius 3 is 2.04 bits per heavy atom. The molecule has 0 atom stereocenters. The van der Waals surface area contributed by atoms with Crippen molar-refractivity contribution < 1.29 is 22.8 Å². The number of carbonyl (C=O) groups is 2. The van der Waals surface area contributed by atoms with Gasteiger partial charge in [0, 0.05) is 18.3 Å². The fourth-order valence-electron chi connectivity index (χ4n) is 2.29. The Kier molecular flexibility index (Phi) is 5.46. The Morgan fingerprint density at radius 2 is 1.52 bits per heavy atom. The maximum absolute atomic E-state index is 12.5. The van der Waals surface area contributed by atoms with Crippen LogP contribution in [0.25, 0.3) is 0 Å². The lowest BCUT2D eigenvalue weighted by Crippen LogP contribution is -2.16. The summed E-state index contributed by atoms with van der Waals surface area (Å²) in [7, 11) is 0. The number of carbonyl (C=O) groups excluding carboxylic acids is 2. The molecule has 25 heavy (non-hydrogen) atoms. The highest BCUT2D eigenvalue weighted by atomic mass is 19.4. The number of alkyl halides is 3. The minimum Gasteiger partial charge on any atom is -0.326 e. The first-order chi connectivity index (χ1) is 11.7. The number of hydrogen-bond acceptors (Lipinski definition) is 2. The molecule has 0 aliphatic heterocycles. The molecule has 2 aromatic rings. The first-order valence-corrected chi connectivity index (χ1v) is 7.50. The van der Waals surface area contributed by atoms with Gasteiger partial charge in [-0.25, -0.2) is 0 Å². The highest BCUT2D eigenvalue weighted by molar-refractivity contribution is 5.95. The van der Waals surface area contributed by atoms with Crippen molar-refractivity contribution in [2.75, 3.05) is 10.6 Å². The van der Waals surface area contributed by atoms with Gasteiger partial charge >= 0.3 is 6.18 Å². The van der Waals surface area contributed by atoms with Crippen molar-refractivity contribution in [2.24, 2.45) is 0 Å². The van der Waals surface area contributed by atoms with Crippen molar-refractivity contribution in [1.29, 1.82) is 0 Å². The van der Waals surface area contributed by atoms with Gasteiger partial charge in [-0.1, -0.05) is 18.2 Å². The fourth-order valence-corrected chi connectivity index (χ4v) is 2.29. The zero-order valence-electron chi connectivity index (χ0n) is 13.7. The highest BCUT2D eigenvalue weighted by Crippen LogP contribution is 2.29. The van der Waals surface area contributed by atoms with Crippen LogP contribution >= 0.6 is 0 Å². The second-order valence-corrected chi connectivity index (χ2v) is 5.58. The first kappa shape index (κ1) is 18.5. The first-order valence-electron chi connectivity index (χ1n) is 7.50. The maximum atomic E-state index is 12.5. The van der Waals surface area contributed by atoms with Crippen LogP contribution < -0.4 is 10.6 Å². The number of nitrogens with one attached hydrogen (secondary N) is 2. The summed E-state index contributed by atoms with van der Waals surface area (Å²) in [6, 6.07) is 9.54. The molecule has 0 aliphatic carbocycles. The third kappa shape index (κ3) is 5.07. The molecule has 0 fully saturated rings. The van der Waals surface area contributed by atoms with Crippen molar-refractivity contribution in [1.82, 2.24) is 0 Å². The summed E-state index contributed by atoms with van der Waals surface area (Å²) in [4.78, 5) is 23.3. The van der Waals surface area contributed by atoms with Crippen LogP contribution in [0.4, 0.5) is 24.5 Å². The minimum absolute atomic E-state index is 0.0536. The van der Waals surface area contributed by atoms with Crippen LogP contribution in [0.5, 0.6) is 0 Å². The SMILES string of the molecule is CC(=O)Nc1cccc(NC(=O)Cc2ccc(C(F)(F)F)cc2)c1C. The lowest BCUT2D eigenvalue weighted by atomic mass is 10.1. The second-order valence-electron chi connectivity index (χ2n) is 5.58. The molecule has 2 aromatic carbocycles. The van der Waals surface area contributed by atoms with E-state index in [4.69, 9.17) is 0 Å². The summed E-state index contributed by atoms with van der Waals surface area (Å²) in [5.41, 5.74) is 1.53. The number of hydrogen-bond donors (Lipinski definition) is 2. The molecule has 2 N–H and O–H groups in total. The highest BCUT2D eigenvalue weighted by Gasteiger charge is 2.29. The van der Waals surface area contributed by atoms with E-state index in [1.54, 1.807) is 25.1 Å². The topological polar surface area (TPSA) is 58.2 Å². The van der Waals surface area contributed by atoms with Crippen LogP contribution in [0.1, 0.15) is 23.6 Å². The third-order valence-electron chi connectivity index (χ3n) is 3.56. The lowest BCUT2D eigenvalue weighted by molar-refractivity contribution is -0.137. The molecule has 0 spiro atoms. The van der Waals surface area contributed by atoms with Gasteiger partial charge in [0.15, 0.2) is 0 Å². The van der Waals surface area contributed by atoms with Crippen molar-refractivity contribution in [3.63, 3.8) is 0 Å². The molecule has 132 valence electrons. The Bertz CT molecular complexity index is 784. The summed E-state index contributed by atoms with van der Waals surface area (Å²) >= 11 is 0. The predicted octanol–water partition coefficient (Wildman–Crippen LogP) is 4.15. The van der Waals surface area contributed by atoms with Gasteiger partial charge in [-0.3, -0.25) is 9.59 Å². The molecule has 0 aliphatic rings. The van der Waals surface area contributed by atoms with Gasteiger partial charge in [0.1, 0.15) is 0 Å². The normalized spacial score (nSPS) is 11.1. The number of anilines is 2. The van der Waals surface area contributed by atoms with E-state index in [1.807, 2.05) is 0 Å². The van der Waals surface area contributed by atoms with Crippen LogP contribution in [-0.4, -0.2) is 11.8 Å². The molecular weight excluding hydrogens is 333 g/mol. The lowest BCUT2D eigenvalue weighted by Gasteiger charge is -2.13. The predicted molar refractivity (Wildman–Crippen MR) is 89.3 cm³/mol. The molecule has 0 aromatic heterocycles. The average molecular weight is 350 g/mol. The minimum atomic E-state index is -4.40. The van der Waals surface area contributed by atoms with Gasteiger partial charge in [0.2, 0.25) is 11.8 Å². The summed E-state index contributed by atoms with van der Waals surface area (Å²) in [6.07, 6.45) is -4.45. The Hall–Kier alpha value is -2.83. The molecule has 2 rings (SSSR count). The maximum Gasteiger partial charge on any atom is 0.416 e. The van der Waals surface area contributed by atoms with Crippen LogP contribution in [0.3, 0.4) is 0 Å². The van der Waals surface area contributed by atoms with E-state index >= 15 is 0 Å². The summed E-state index contributed by atoms with van der Waals surface area (Å²) in [6.45, 7) is 3.13. The number of halogens is 3. The monoisotopic (exact) mass is 350 g/mol. The molecule has 4 nitrogen and oxygen atoms in total. The van der Waals surface area contributed by atoms with Gasteiger partial charge in [-0.05, 0) is 42.3 Å². The van der Waals surface area contributed by atoms with E-state index in [2.05, 4.69) is 10.6 Å². The second kappa shape index (κ2) is 7.38. The standard InChI is InChI=1S/C18H17F3N2O2/c1-11-15(22-12(2)24)4-3-5-16(11)23-17(25)10-13-6-8-14(9-7-13)18(19,20)21/h3-9H,10H2,1-2H3,(H,22,24)(H,23,25).